The number of carbonyl (C=O) groups is 2. The van der Waals surface area contributed by atoms with Gasteiger partial charge < -0.3 is 15.0 Å². The van der Waals surface area contributed by atoms with Crippen molar-refractivity contribution >= 4 is 29.1 Å². The summed E-state index contributed by atoms with van der Waals surface area (Å²) in [6.45, 7) is 0.419. The van der Waals surface area contributed by atoms with E-state index in [1.807, 2.05) is 18.2 Å². The number of carbonyl (C=O) groups excluding carboxylic acids is 2. The largest absolute Gasteiger partial charge is 0.497 e. The van der Waals surface area contributed by atoms with Crippen molar-refractivity contribution in [2.75, 3.05) is 18.6 Å². The molecule has 1 saturated heterocycles. The number of nitrogens with zero attached hydrogens (tertiary/aromatic N) is 1. The summed E-state index contributed by atoms with van der Waals surface area (Å²) in [5.74, 6) is 0.377. The average Bonchev–Trinajstić information content (AvgIpc) is 2.95. The second-order valence-corrected chi connectivity index (χ2v) is 5.97. The smallest absolute Gasteiger partial charge is 0.253 e. The van der Waals surface area contributed by atoms with Gasteiger partial charge in [-0.15, -0.1) is 0 Å². The maximum absolute atomic E-state index is 12.3. The Balaban J connectivity index is 1.71. The monoisotopic (exact) mass is 344 g/mol. The van der Waals surface area contributed by atoms with Crippen molar-refractivity contribution in [3.05, 3.63) is 59.1 Å². The Bertz CT molecular complexity index is 778. The van der Waals surface area contributed by atoms with Crippen LogP contribution in [0, 0.1) is 0 Å². The molecular weight excluding hydrogens is 328 g/mol. The molecule has 1 atom stereocenters. The van der Waals surface area contributed by atoms with Crippen molar-refractivity contribution in [2.24, 2.45) is 0 Å². The number of ether oxygens (including phenoxy) is 1. The molecule has 1 N–H and O–H groups in total. The highest BCUT2D eigenvalue weighted by Crippen LogP contribution is 2.25. The Morgan fingerprint density at radius 1 is 1.25 bits per heavy atom. The summed E-state index contributed by atoms with van der Waals surface area (Å²) in [6, 6.07) is 13.9. The quantitative estimate of drug-likeness (QED) is 0.927. The molecule has 0 unspecified atom stereocenters. The molecule has 124 valence electrons. The minimum absolute atomic E-state index is 0.0345. The highest BCUT2D eigenvalue weighted by Gasteiger charge is 2.32. The lowest BCUT2D eigenvalue weighted by molar-refractivity contribution is -0.117. The first-order chi connectivity index (χ1) is 11.6. The third-order valence-corrected chi connectivity index (χ3v) is 4.27. The number of nitrogens with one attached hydrogen (secondary N) is 1. The Labute approximate surface area is 145 Å². The fourth-order valence-corrected chi connectivity index (χ4v) is 2.96. The predicted molar refractivity (Wildman–Crippen MR) is 92.7 cm³/mol. The zero-order valence-electron chi connectivity index (χ0n) is 13.2. The molecule has 2 amide bonds. The molecule has 0 spiro atoms. The summed E-state index contributed by atoms with van der Waals surface area (Å²) < 4.78 is 5.19. The summed E-state index contributed by atoms with van der Waals surface area (Å²) in [7, 11) is 1.58. The van der Waals surface area contributed by atoms with Crippen LogP contribution in [0.3, 0.4) is 0 Å². The van der Waals surface area contributed by atoms with Crippen LogP contribution in [0.5, 0.6) is 5.75 Å². The number of amides is 2. The van der Waals surface area contributed by atoms with Crippen LogP contribution in [0.2, 0.25) is 5.02 Å². The van der Waals surface area contributed by atoms with Gasteiger partial charge in [-0.3, -0.25) is 9.59 Å². The van der Waals surface area contributed by atoms with Crippen LogP contribution in [-0.4, -0.2) is 31.5 Å². The molecule has 6 heteroatoms. The lowest BCUT2D eigenvalue weighted by atomic mass is 10.2. The number of hydrogen-bond acceptors (Lipinski definition) is 3. The highest BCUT2D eigenvalue weighted by molar-refractivity contribution is 6.33. The summed E-state index contributed by atoms with van der Waals surface area (Å²) in [6.07, 6.45) is 0.257. The number of halogens is 1. The van der Waals surface area contributed by atoms with E-state index in [-0.39, 0.29) is 24.3 Å². The van der Waals surface area contributed by atoms with Crippen molar-refractivity contribution in [2.45, 2.75) is 12.5 Å². The topological polar surface area (TPSA) is 58.6 Å². The summed E-state index contributed by atoms with van der Waals surface area (Å²) in [4.78, 5) is 26.3. The molecule has 0 saturated carbocycles. The van der Waals surface area contributed by atoms with Crippen molar-refractivity contribution in [3.63, 3.8) is 0 Å². The average molecular weight is 345 g/mol. The Kier molecular flexibility index (Phi) is 4.71. The Morgan fingerprint density at radius 2 is 2.04 bits per heavy atom. The van der Waals surface area contributed by atoms with E-state index in [4.69, 9.17) is 16.3 Å². The Morgan fingerprint density at radius 3 is 2.79 bits per heavy atom. The number of rotatable bonds is 4. The van der Waals surface area contributed by atoms with Crippen LogP contribution < -0.4 is 15.0 Å². The Hall–Kier alpha value is -2.53. The van der Waals surface area contributed by atoms with Gasteiger partial charge in [0.15, 0.2) is 0 Å². The van der Waals surface area contributed by atoms with Gasteiger partial charge in [0, 0.05) is 24.7 Å². The molecule has 1 heterocycles. The van der Waals surface area contributed by atoms with Crippen molar-refractivity contribution in [3.8, 4) is 5.75 Å². The van der Waals surface area contributed by atoms with Crippen LogP contribution in [0.4, 0.5) is 5.69 Å². The SMILES string of the molecule is COc1cccc(N2C[C@@H](NC(=O)c3ccccc3Cl)CC2=O)c1. The van der Waals surface area contributed by atoms with E-state index in [1.54, 1.807) is 42.3 Å². The summed E-state index contributed by atoms with van der Waals surface area (Å²) in [5, 5.41) is 3.27. The first-order valence-electron chi connectivity index (χ1n) is 7.58. The summed E-state index contributed by atoms with van der Waals surface area (Å²) >= 11 is 6.04. The third-order valence-electron chi connectivity index (χ3n) is 3.94. The third kappa shape index (κ3) is 3.36. The molecule has 0 bridgehead atoms. The molecule has 2 aromatic rings. The van der Waals surface area contributed by atoms with Gasteiger partial charge in [0.05, 0.1) is 23.7 Å². The summed E-state index contributed by atoms with van der Waals surface area (Å²) in [5.41, 5.74) is 1.17. The number of hydrogen-bond donors (Lipinski definition) is 1. The van der Waals surface area contributed by atoms with Crippen molar-refractivity contribution in [1.29, 1.82) is 0 Å². The van der Waals surface area contributed by atoms with E-state index < -0.39 is 0 Å². The first kappa shape index (κ1) is 16.3. The van der Waals surface area contributed by atoms with Crippen LogP contribution in [0.25, 0.3) is 0 Å². The zero-order valence-corrected chi connectivity index (χ0v) is 13.9. The number of benzene rings is 2. The van der Waals surface area contributed by atoms with Crippen LogP contribution in [0.15, 0.2) is 48.5 Å². The lowest BCUT2D eigenvalue weighted by Gasteiger charge is -2.18. The van der Waals surface area contributed by atoms with Crippen molar-refractivity contribution < 1.29 is 14.3 Å². The first-order valence-corrected chi connectivity index (χ1v) is 7.96. The zero-order chi connectivity index (χ0) is 17.1. The van der Waals surface area contributed by atoms with Crippen LogP contribution in [0.1, 0.15) is 16.8 Å². The normalized spacial score (nSPS) is 17.0. The minimum Gasteiger partial charge on any atom is -0.497 e. The van der Waals surface area contributed by atoms with E-state index in [0.29, 0.717) is 22.9 Å². The van der Waals surface area contributed by atoms with E-state index in [0.717, 1.165) is 5.69 Å². The van der Waals surface area contributed by atoms with Gasteiger partial charge in [-0.05, 0) is 24.3 Å². The molecular formula is C18H17ClN2O3. The molecule has 2 aromatic carbocycles. The maximum atomic E-state index is 12.3. The maximum Gasteiger partial charge on any atom is 0.253 e. The fourth-order valence-electron chi connectivity index (χ4n) is 2.74. The molecule has 1 fully saturated rings. The van der Waals surface area contributed by atoms with E-state index in [2.05, 4.69) is 5.32 Å². The van der Waals surface area contributed by atoms with Gasteiger partial charge in [-0.1, -0.05) is 29.8 Å². The fraction of sp³-hybridized carbons (Fsp3) is 0.222. The second-order valence-electron chi connectivity index (χ2n) is 5.56. The van der Waals surface area contributed by atoms with Crippen LogP contribution in [-0.2, 0) is 4.79 Å². The predicted octanol–water partition coefficient (Wildman–Crippen LogP) is 2.88. The van der Waals surface area contributed by atoms with Crippen molar-refractivity contribution in [1.82, 2.24) is 5.32 Å². The molecule has 0 aliphatic carbocycles. The second kappa shape index (κ2) is 6.93. The van der Waals surface area contributed by atoms with Crippen LogP contribution >= 0.6 is 11.6 Å². The molecule has 1 aliphatic rings. The van der Waals surface area contributed by atoms with E-state index in [1.165, 1.54) is 0 Å². The number of methoxy groups -OCH3 is 1. The lowest BCUT2D eigenvalue weighted by Crippen LogP contribution is -2.37. The molecule has 1 aliphatic heterocycles. The van der Waals surface area contributed by atoms with Gasteiger partial charge in [-0.25, -0.2) is 0 Å². The van der Waals surface area contributed by atoms with Gasteiger partial charge >= 0.3 is 0 Å². The molecule has 0 aromatic heterocycles. The standard InChI is InChI=1S/C18H17ClN2O3/c1-24-14-6-4-5-13(10-14)21-11-12(9-17(21)22)20-18(23)15-7-2-3-8-16(15)19/h2-8,10,12H,9,11H2,1H3,(H,20,23)/t12-/m0/s1. The molecule has 24 heavy (non-hydrogen) atoms. The molecule has 3 rings (SSSR count). The van der Waals surface area contributed by atoms with Gasteiger partial charge in [0.25, 0.3) is 5.91 Å². The van der Waals surface area contributed by atoms with Gasteiger partial charge in [-0.2, -0.15) is 0 Å². The van der Waals surface area contributed by atoms with Gasteiger partial charge in [0.1, 0.15) is 5.75 Å². The van der Waals surface area contributed by atoms with E-state index >= 15 is 0 Å². The molecule has 5 nitrogen and oxygen atoms in total. The highest BCUT2D eigenvalue weighted by atomic mass is 35.5. The van der Waals surface area contributed by atoms with E-state index in [9.17, 15) is 9.59 Å². The molecule has 0 radical (unpaired) electrons. The minimum atomic E-state index is -0.272. The van der Waals surface area contributed by atoms with Gasteiger partial charge in [0.2, 0.25) is 5.91 Å². The number of anilines is 1.